The summed E-state index contributed by atoms with van der Waals surface area (Å²) in [5, 5.41) is 0. The van der Waals surface area contributed by atoms with Crippen molar-refractivity contribution >= 4 is 17.9 Å². The normalized spacial score (nSPS) is 10.4. The second-order valence-corrected chi connectivity index (χ2v) is 8.35. The van der Waals surface area contributed by atoms with Crippen LogP contribution in [-0.4, -0.2) is 79.9 Å². The Bertz CT molecular complexity index is 1310. The Morgan fingerprint density at radius 2 is 0.929 bits per heavy atom. The van der Waals surface area contributed by atoms with Crippen molar-refractivity contribution in [1.82, 2.24) is 0 Å². The minimum absolute atomic E-state index is 0.0460. The third-order valence-electron chi connectivity index (χ3n) is 5.95. The molecule has 0 aliphatic carbocycles. The van der Waals surface area contributed by atoms with E-state index in [4.69, 9.17) is 42.6 Å². The fraction of sp³-hybridized carbons (Fsp3) is 0.300. The lowest BCUT2D eigenvalue weighted by atomic mass is 10.1. The van der Waals surface area contributed by atoms with Gasteiger partial charge in [0.1, 0.15) is 35.8 Å². The summed E-state index contributed by atoms with van der Waals surface area (Å²) in [6.45, 7) is -0.971. The Morgan fingerprint density at radius 1 is 0.524 bits per heavy atom. The molecule has 0 saturated carbocycles. The minimum Gasteiger partial charge on any atom is -0.496 e. The summed E-state index contributed by atoms with van der Waals surface area (Å²) < 4.78 is 48.4. The van der Waals surface area contributed by atoms with E-state index in [1.54, 1.807) is 42.5 Å². The Balaban J connectivity index is 1.86. The third kappa shape index (κ3) is 7.14. The Morgan fingerprint density at radius 3 is 1.31 bits per heavy atom. The first-order chi connectivity index (χ1) is 20.3. The van der Waals surface area contributed by atoms with Crippen LogP contribution in [0.15, 0.2) is 54.6 Å². The van der Waals surface area contributed by atoms with Crippen LogP contribution in [0.5, 0.6) is 34.5 Å². The SMILES string of the molecule is COc1ccc(OC)c(C(=O)OCC(COC(=O)c2c(OC)ccc(OC)c2OC)OC(=O)c2ccccc2)c1OC. The van der Waals surface area contributed by atoms with Crippen molar-refractivity contribution < 1.29 is 57.0 Å². The van der Waals surface area contributed by atoms with Crippen molar-refractivity contribution in [1.29, 1.82) is 0 Å². The smallest absolute Gasteiger partial charge is 0.346 e. The highest BCUT2D eigenvalue weighted by Crippen LogP contribution is 2.39. The maximum atomic E-state index is 13.2. The van der Waals surface area contributed by atoms with Crippen LogP contribution in [0.4, 0.5) is 0 Å². The second-order valence-electron chi connectivity index (χ2n) is 8.35. The molecule has 0 N–H and O–H groups in total. The van der Waals surface area contributed by atoms with Crippen molar-refractivity contribution in [2.75, 3.05) is 55.9 Å². The molecular weight excluding hydrogens is 552 g/mol. The van der Waals surface area contributed by atoms with Gasteiger partial charge in [-0.3, -0.25) is 0 Å². The van der Waals surface area contributed by atoms with Gasteiger partial charge < -0.3 is 42.6 Å². The maximum Gasteiger partial charge on any atom is 0.346 e. The molecule has 0 spiro atoms. The fourth-order valence-electron chi connectivity index (χ4n) is 3.94. The first-order valence-electron chi connectivity index (χ1n) is 12.5. The van der Waals surface area contributed by atoms with Crippen molar-refractivity contribution in [3.05, 3.63) is 71.3 Å². The van der Waals surface area contributed by atoms with Crippen molar-refractivity contribution in [3.63, 3.8) is 0 Å². The van der Waals surface area contributed by atoms with E-state index in [1.807, 2.05) is 0 Å². The number of ether oxygens (including phenoxy) is 9. The van der Waals surface area contributed by atoms with Gasteiger partial charge >= 0.3 is 17.9 Å². The van der Waals surface area contributed by atoms with E-state index >= 15 is 0 Å². The predicted octanol–water partition coefficient (Wildman–Crippen LogP) is 3.98. The fourth-order valence-corrected chi connectivity index (χ4v) is 3.94. The molecular formula is C30H32O12. The molecule has 12 nitrogen and oxygen atoms in total. The minimum atomic E-state index is -1.21. The van der Waals surface area contributed by atoms with Crippen molar-refractivity contribution in [2.45, 2.75) is 6.10 Å². The Hall–Kier alpha value is -5.13. The lowest BCUT2D eigenvalue weighted by molar-refractivity contribution is -0.0256. The first-order valence-corrected chi connectivity index (χ1v) is 12.5. The summed E-state index contributed by atoms with van der Waals surface area (Å²) in [4.78, 5) is 39.2. The number of carbonyl (C=O) groups excluding carboxylic acids is 3. The molecule has 0 aromatic heterocycles. The number of hydrogen-bond donors (Lipinski definition) is 0. The number of hydrogen-bond acceptors (Lipinski definition) is 12. The number of rotatable bonds is 14. The highest BCUT2D eigenvalue weighted by molar-refractivity contribution is 5.97. The summed E-state index contributed by atoms with van der Waals surface area (Å²) in [5.74, 6) is -1.39. The predicted molar refractivity (Wildman–Crippen MR) is 148 cm³/mol. The standard InChI is InChI=1S/C30H32O12/c1-34-20-12-14-22(36-3)26(38-5)24(20)29(32)40-16-19(42-28(31)18-10-8-7-9-11-18)17-41-30(33)25-21(35-2)13-15-23(37-4)27(25)39-6/h7-15,19H,16-17H2,1-6H3. The average molecular weight is 585 g/mol. The van der Waals surface area contributed by atoms with Crippen molar-refractivity contribution in [3.8, 4) is 34.5 Å². The zero-order valence-corrected chi connectivity index (χ0v) is 24.1. The van der Waals surface area contributed by atoms with E-state index in [9.17, 15) is 14.4 Å². The molecule has 3 rings (SSSR count). The van der Waals surface area contributed by atoms with E-state index in [0.717, 1.165) is 0 Å². The van der Waals surface area contributed by atoms with Gasteiger partial charge in [0.2, 0.25) is 0 Å². The molecule has 0 unspecified atom stereocenters. The Kier molecular flexibility index (Phi) is 11.2. The molecule has 12 heteroatoms. The second kappa shape index (κ2) is 15.0. The topological polar surface area (TPSA) is 134 Å². The molecule has 0 bridgehead atoms. The first kappa shape index (κ1) is 31.4. The lowest BCUT2D eigenvalue weighted by Gasteiger charge is -2.20. The van der Waals surface area contributed by atoms with E-state index in [0.29, 0.717) is 0 Å². The molecule has 0 amide bonds. The van der Waals surface area contributed by atoms with Gasteiger partial charge in [-0.05, 0) is 36.4 Å². The Labute approximate surface area is 242 Å². The van der Waals surface area contributed by atoms with E-state index < -0.39 is 37.2 Å². The molecule has 0 heterocycles. The number of carbonyl (C=O) groups is 3. The molecule has 3 aromatic rings. The van der Waals surface area contributed by atoms with Gasteiger partial charge in [-0.15, -0.1) is 0 Å². The number of methoxy groups -OCH3 is 6. The largest absolute Gasteiger partial charge is 0.496 e. The van der Waals surface area contributed by atoms with Crippen LogP contribution >= 0.6 is 0 Å². The van der Waals surface area contributed by atoms with Crippen LogP contribution in [0, 0.1) is 0 Å². The van der Waals surface area contributed by atoms with Gasteiger partial charge in [0.05, 0.1) is 48.2 Å². The molecule has 0 fully saturated rings. The van der Waals surface area contributed by atoms with E-state index in [1.165, 1.54) is 54.8 Å². The highest BCUT2D eigenvalue weighted by atomic mass is 16.6. The summed E-state index contributed by atoms with van der Waals surface area (Å²) >= 11 is 0. The molecule has 0 aliphatic rings. The third-order valence-corrected chi connectivity index (χ3v) is 5.95. The van der Waals surface area contributed by atoms with Crippen LogP contribution < -0.4 is 28.4 Å². The lowest BCUT2D eigenvalue weighted by Crippen LogP contribution is -2.31. The number of benzene rings is 3. The number of esters is 3. The maximum absolute atomic E-state index is 13.2. The van der Waals surface area contributed by atoms with Gasteiger partial charge in [-0.25, -0.2) is 14.4 Å². The summed E-state index contributed by atoms with van der Waals surface area (Å²) in [6, 6.07) is 14.3. The van der Waals surface area contributed by atoms with Gasteiger partial charge in [0.25, 0.3) is 0 Å². The summed E-state index contributed by atoms with van der Waals surface area (Å²) in [6.07, 6.45) is -1.21. The monoisotopic (exact) mass is 584 g/mol. The molecule has 0 atom stereocenters. The van der Waals surface area contributed by atoms with Crippen LogP contribution in [-0.2, 0) is 14.2 Å². The van der Waals surface area contributed by atoms with Crippen molar-refractivity contribution in [2.24, 2.45) is 0 Å². The van der Waals surface area contributed by atoms with Gasteiger partial charge in [-0.2, -0.15) is 0 Å². The zero-order valence-electron chi connectivity index (χ0n) is 24.1. The zero-order chi connectivity index (χ0) is 30.6. The van der Waals surface area contributed by atoms with Gasteiger partial charge in [0, 0.05) is 0 Å². The van der Waals surface area contributed by atoms with Crippen LogP contribution in [0.1, 0.15) is 31.1 Å². The van der Waals surface area contributed by atoms with Crippen LogP contribution in [0.25, 0.3) is 0 Å². The average Bonchev–Trinajstić information content (AvgIpc) is 3.04. The van der Waals surface area contributed by atoms with E-state index in [-0.39, 0.29) is 51.2 Å². The summed E-state index contributed by atoms with van der Waals surface area (Å²) in [5.41, 5.74) is 0.151. The summed E-state index contributed by atoms with van der Waals surface area (Å²) in [7, 11) is 8.31. The highest BCUT2D eigenvalue weighted by Gasteiger charge is 2.28. The molecule has 0 aliphatic heterocycles. The van der Waals surface area contributed by atoms with E-state index in [2.05, 4.69) is 0 Å². The quantitative estimate of drug-likeness (QED) is 0.200. The molecule has 0 radical (unpaired) electrons. The molecule has 0 saturated heterocycles. The molecule has 3 aromatic carbocycles. The molecule has 224 valence electrons. The molecule has 42 heavy (non-hydrogen) atoms. The van der Waals surface area contributed by atoms with Crippen LogP contribution in [0.2, 0.25) is 0 Å². The van der Waals surface area contributed by atoms with Gasteiger partial charge in [0.15, 0.2) is 29.1 Å². The van der Waals surface area contributed by atoms with Crippen LogP contribution in [0.3, 0.4) is 0 Å². The van der Waals surface area contributed by atoms with Gasteiger partial charge in [-0.1, -0.05) is 18.2 Å².